The van der Waals surface area contributed by atoms with E-state index in [1.165, 1.54) is 23.5 Å². The van der Waals surface area contributed by atoms with Crippen LogP contribution in [0.5, 0.6) is 0 Å². The van der Waals surface area contributed by atoms with Gasteiger partial charge < -0.3 is 25.0 Å². The zero-order valence-corrected chi connectivity index (χ0v) is 41.2. The molecule has 2 spiro atoms. The molecule has 13 nitrogen and oxygen atoms in total. The van der Waals surface area contributed by atoms with Crippen molar-refractivity contribution in [1.82, 2.24) is 33.5 Å². The second-order valence-electron chi connectivity index (χ2n) is 17.8. The molecule has 340 valence electrons. The summed E-state index contributed by atoms with van der Waals surface area (Å²) in [6.45, 7) is 12.2. The molecule has 4 saturated heterocycles. The molecule has 8 heterocycles. The Labute approximate surface area is 404 Å². The molecule has 0 aliphatic carbocycles. The van der Waals surface area contributed by atoms with Crippen molar-refractivity contribution in [3.8, 4) is 0 Å². The zero-order chi connectivity index (χ0) is 44.8. The van der Waals surface area contributed by atoms with E-state index in [9.17, 15) is 4.21 Å². The summed E-state index contributed by atoms with van der Waals surface area (Å²) >= 11 is 28.2. The van der Waals surface area contributed by atoms with E-state index in [2.05, 4.69) is 24.5 Å². The fourth-order valence-corrected chi connectivity index (χ4v) is 12.6. The summed E-state index contributed by atoms with van der Waals surface area (Å²) in [7, 11) is -1.12. The molecule has 4 aliphatic heterocycles. The van der Waals surface area contributed by atoms with Crippen molar-refractivity contribution in [3.63, 3.8) is 0 Å². The standard InChI is InChI=1S/C24H29Cl2N5O2S2.C20H21Cl2N5OS/c1-23(2,3)35(32)29-19-14-33-15-24(19)7-10-30(11-8-24)22-28-13-18(21-27-9-12-31(21)22)34-17-6-4-5-16(25)20(17)26;21-13-2-1-3-14(17(13)22)29-15-10-25-19(27-9-6-24-18(15)27)26-7-4-20(5-8-26)12-28-11-16(20)23/h4-6,9,12-13,19,29H,7-8,10-11,14-15H2,1-3H3;1-3,6,9-10,16H,4-5,7-8,11-12,23H2/t19-,35+;16-/m11/s1. The van der Waals surface area contributed by atoms with Crippen LogP contribution in [0.4, 0.5) is 11.9 Å². The quantitative estimate of drug-likeness (QED) is 0.150. The lowest BCUT2D eigenvalue weighted by atomic mass is 9.75. The molecule has 6 aromatic rings. The summed E-state index contributed by atoms with van der Waals surface area (Å²) in [5.41, 5.74) is 8.12. The van der Waals surface area contributed by atoms with Crippen LogP contribution in [-0.2, 0) is 20.5 Å². The maximum absolute atomic E-state index is 12.7. The van der Waals surface area contributed by atoms with Gasteiger partial charge in [0.1, 0.15) is 0 Å². The van der Waals surface area contributed by atoms with Gasteiger partial charge in [-0.15, -0.1) is 0 Å². The van der Waals surface area contributed by atoms with Gasteiger partial charge in [-0.25, -0.2) is 28.9 Å². The molecule has 20 heteroatoms. The first-order valence-corrected chi connectivity index (χ1v) is 25.5. The van der Waals surface area contributed by atoms with Crippen LogP contribution in [0.25, 0.3) is 11.3 Å². The lowest BCUT2D eigenvalue weighted by Crippen LogP contribution is -2.53. The van der Waals surface area contributed by atoms with Crippen LogP contribution in [0.15, 0.2) is 93.2 Å². The third-order valence-electron chi connectivity index (χ3n) is 12.8. The second-order valence-corrected chi connectivity index (χ2v) is 23.5. The van der Waals surface area contributed by atoms with Crippen LogP contribution in [0, 0.1) is 10.8 Å². The number of piperidine rings is 2. The average Bonchev–Trinajstić information content (AvgIpc) is 4.11. The highest BCUT2D eigenvalue weighted by molar-refractivity contribution is 8.00. The zero-order valence-electron chi connectivity index (χ0n) is 35.7. The van der Waals surface area contributed by atoms with Crippen molar-refractivity contribution >= 4 is 104 Å². The molecule has 0 amide bonds. The van der Waals surface area contributed by atoms with Gasteiger partial charge in [0.05, 0.1) is 78.1 Å². The van der Waals surface area contributed by atoms with E-state index < -0.39 is 11.0 Å². The topological polar surface area (TPSA) is 140 Å². The molecule has 4 aromatic heterocycles. The Morgan fingerprint density at radius 3 is 1.64 bits per heavy atom. The summed E-state index contributed by atoms with van der Waals surface area (Å²) in [4.78, 5) is 27.0. The number of benzene rings is 2. The number of nitrogens with one attached hydrogen (secondary N) is 1. The van der Waals surface area contributed by atoms with Gasteiger partial charge in [-0.2, -0.15) is 0 Å². The Balaban J connectivity index is 0.000000165. The highest BCUT2D eigenvalue weighted by atomic mass is 35.5. The summed E-state index contributed by atoms with van der Waals surface area (Å²) < 4.78 is 31.4. The van der Waals surface area contributed by atoms with E-state index >= 15 is 0 Å². The van der Waals surface area contributed by atoms with Gasteiger partial charge in [0.2, 0.25) is 11.9 Å². The maximum atomic E-state index is 12.7. The third-order valence-corrected chi connectivity index (χ3v) is 18.4. The number of imidazole rings is 2. The van der Waals surface area contributed by atoms with E-state index in [-0.39, 0.29) is 27.7 Å². The SMILES string of the molecule is CC(C)(C)[S@](=O)N[C@@H]1COCC12CCN(c1ncc(Sc3cccc(Cl)c3Cl)c3nccn13)CC2.N[C@@H]1COCC12CCN(c1ncc(Sc3cccc(Cl)c3Cl)c3nccn13)CC2. The first kappa shape index (κ1) is 46.2. The Hall–Kier alpha value is -2.87. The number of halogens is 4. The molecule has 0 saturated carbocycles. The molecule has 2 aromatic carbocycles. The Morgan fingerprint density at radius 2 is 1.17 bits per heavy atom. The van der Waals surface area contributed by atoms with Gasteiger partial charge >= 0.3 is 0 Å². The number of nitrogens with two attached hydrogens (primary N) is 1. The average molecular weight is 1000 g/mol. The molecular formula is C44H50Cl4N10O3S3. The molecule has 4 fully saturated rings. The molecule has 0 radical (unpaired) electrons. The minimum absolute atomic E-state index is 0.00934. The Morgan fingerprint density at radius 1 is 0.703 bits per heavy atom. The first-order valence-electron chi connectivity index (χ1n) is 21.2. The molecule has 0 bridgehead atoms. The van der Waals surface area contributed by atoms with E-state index in [4.69, 9.17) is 71.6 Å². The molecule has 3 N–H and O–H groups in total. The van der Waals surface area contributed by atoms with Crippen molar-refractivity contribution in [2.45, 2.75) is 82.9 Å². The molecule has 0 unspecified atom stereocenters. The molecular weight excluding hydrogens is 955 g/mol. The third kappa shape index (κ3) is 9.23. The summed E-state index contributed by atoms with van der Waals surface area (Å²) in [5.74, 6) is 1.77. The van der Waals surface area contributed by atoms with Gasteiger partial charge in [-0.1, -0.05) is 82.1 Å². The van der Waals surface area contributed by atoms with Gasteiger partial charge in [0.15, 0.2) is 11.3 Å². The monoisotopic (exact) mass is 1000 g/mol. The molecule has 10 rings (SSSR count). The van der Waals surface area contributed by atoms with Crippen LogP contribution in [-0.4, -0.2) is 102 Å². The number of nitrogens with zero attached hydrogens (tertiary/aromatic N) is 8. The molecule has 4 aliphatic rings. The predicted molar refractivity (Wildman–Crippen MR) is 259 cm³/mol. The largest absolute Gasteiger partial charge is 0.379 e. The fraction of sp³-hybridized carbons (Fsp3) is 0.455. The predicted octanol–water partition coefficient (Wildman–Crippen LogP) is 9.36. The van der Waals surface area contributed by atoms with Crippen LogP contribution < -0.4 is 20.3 Å². The maximum Gasteiger partial charge on any atom is 0.211 e. The Kier molecular flexibility index (Phi) is 13.7. The van der Waals surface area contributed by atoms with Crippen molar-refractivity contribution in [3.05, 3.63) is 93.7 Å². The Bertz CT molecular complexity index is 2660. The number of fused-ring (bicyclic) bond motifs is 2. The van der Waals surface area contributed by atoms with Gasteiger partial charge in [0.25, 0.3) is 0 Å². The second kappa shape index (κ2) is 19.0. The van der Waals surface area contributed by atoms with E-state index in [0.717, 1.165) is 101 Å². The smallest absolute Gasteiger partial charge is 0.211 e. The first-order chi connectivity index (χ1) is 30.7. The van der Waals surface area contributed by atoms with Crippen LogP contribution in [0.1, 0.15) is 46.5 Å². The van der Waals surface area contributed by atoms with Crippen molar-refractivity contribution in [2.75, 3.05) is 62.4 Å². The van der Waals surface area contributed by atoms with Crippen LogP contribution in [0.3, 0.4) is 0 Å². The summed E-state index contributed by atoms with van der Waals surface area (Å²) in [5, 5.41) is 2.14. The minimum Gasteiger partial charge on any atom is -0.379 e. The van der Waals surface area contributed by atoms with E-state index in [1.54, 1.807) is 24.5 Å². The molecule has 64 heavy (non-hydrogen) atoms. The number of hydrogen-bond acceptors (Lipinski definition) is 12. The number of aromatic nitrogens is 6. The van der Waals surface area contributed by atoms with Crippen LogP contribution in [0.2, 0.25) is 20.1 Å². The van der Waals surface area contributed by atoms with Crippen molar-refractivity contribution in [1.29, 1.82) is 0 Å². The summed E-state index contributed by atoms with van der Waals surface area (Å²) in [6, 6.07) is 11.4. The normalized spacial score (nSPS) is 21.2. The number of rotatable bonds is 8. The lowest BCUT2D eigenvalue weighted by molar-refractivity contribution is 0.130. The lowest BCUT2D eigenvalue weighted by Gasteiger charge is -2.42. The van der Waals surface area contributed by atoms with Gasteiger partial charge in [-0.3, -0.25) is 8.80 Å². The number of hydrogen-bond donors (Lipinski definition) is 2. The number of anilines is 2. The highest BCUT2D eigenvalue weighted by Crippen LogP contribution is 2.44. The van der Waals surface area contributed by atoms with E-state index in [0.29, 0.717) is 39.9 Å². The number of ether oxygens (including phenoxy) is 2. The van der Waals surface area contributed by atoms with Crippen molar-refractivity contribution < 1.29 is 13.7 Å². The minimum atomic E-state index is -1.12. The van der Waals surface area contributed by atoms with Gasteiger partial charge in [0, 0.05) is 90.0 Å². The fourth-order valence-electron chi connectivity index (χ4n) is 8.85. The van der Waals surface area contributed by atoms with Gasteiger partial charge in [-0.05, 0) is 70.7 Å². The highest BCUT2D eigenvalue weighted by Gasteiger charge is 2.48. The molecule has 3 atom stereocenters. The van der Waals surface area contributed by atoms with Crippen molar-refractivity contribution in [2.24, 2.45) is 16.6 Å². The van der Waals surface area contributed by atoms with Crippen LogP contribution >= 0.6 is 69.9 Å². The summed E-state index contributed by atoms with van der Waals surface area (Å²) in [6.07, 6.45) is 15.1. The van der Waals surface area contributed by atoms with E-state index in [1.807, 2.05) is 78.6 Å².